The van der Waals surface area contributed by atoms with Gasteiger partial charge in [-0.15, -0.1) is 11.3 Å². The molecule has 0 bridgehead atoms. The number of furan rings is 1. The van der Waals surface area contributed by atoms with Gasteiger partial charge in [0.1, 0.15) is 10.8 Å². The van der Waals surface area contributed by atoms with Crippen molar-refractivity contribution in [1.29, 1.82) is 0 Å². The molecule has 26 heavy (non-hydrogen) atoms. The van der Waals surface area contributed by atoms with Gasteiger partial charge < -0.3 is 9.32 Å². The van der Waals surface area contributed by atoms with Gasteiger partial charge in [-0.05, 0) is 42.1 Å². The van der Waals surface area contributed by atoms with E-state index in [-0.39, 0.29) is 28.7 Å². The summed E-state index contributed by atoms with van der Waals surface area (Å²) in [5.41, 5.74) is -0.0624. The van der Waals surface area contributed by atoms with Gasteiger partial charge in [0.25, 0.3) is 11.6 Å². The Morgan fingerprint density at radius 3 is 2.77 bits per heavy atom. The first-order chi connectivity index (χ1) is 12.5. The maximum atomic E-state index is 12.9. The molecular weight excluding hydrogens is 376 g/mol. The Labute approximate surface area is 158 Å². The summed E-state index contributed by atoms with van der Waals surface area (Å²) in [6, 6.07) is 11.6. The van der Waals surface area contributed by atoms with Crippen LogP contribution >= 0.6 is 22.9 Å². The van der Waals surface area contributed by atoms with Crippen LogP contribution < -0.4 is 0 Å². The Morgan fingerprint density at radius 1 is 1.27 bits per heavy atom. The quantitative estimate of drug-likeness (QED) is 0.429. The lowest BCUT2D eigenvalue weighted by Crippen LogP contribution is -2.32. The molecule has 0 aliphatic carbocycles. The van der Waals surface area contributed by atoms with Crippen molar-refractivity contribution < 1.29 is 14.1 Å². The molecule has 3 rings (SSSR count). The second-order valence-electron chi connectivity index (χ2n) is 5.56. The van der Waals surface area contributed by atoms with Gasteiger partial charge in [0.05, 0.1) is 17.7 Å². The number of amides is 1. The van der Waals surface area contributed by atoms with E-state index in [2.05, 4.69) is 0 Å². The normalized spacial score (nSPS) is 10.7. The number of rotatable bonds is 7. The lowest BCUT2D eigenvalue weighted by molar-refractivity contribution is -0.384. The number of thiophene rings is 1. The van der Waals surface area contributed by atoms with Crippen LogP contribution in [0.2, 0.25) is 5.02 Å². The van der Waals surface area contributed by atoms with Crippen molar-refractivity contribution in [2.75, 3.05) is 6.54 Å². The van der Waals surface area contributed by atoms with Crippen molar-refractivity contribution >= 4 is 34.5 Å². The van der Waals surface area contributed by atoms with Gasteiger partial charge in [-0.25, -0.2) is 0 Å². The predicted octanol–water partition coefficient (Wildman–Crippen LogP) is 4.79. The highest BCUT2D eigenvalue weighted by molar-refractivity contribution is 7.09. The highest BCUT2D eigenvalue weighted by Crippen LogP contribution is 2.26. The van der Waals surface area contributed by atoms with Crippen molar-refractivity contribution in [2.45, 2.75) is 13.0 Å². The Hall–Kier alpha value is -2.64. The van der Waals surface area contributed by atoms with E-state index in [0.29, 0.717) is 18.7 Å². The van der Waals surface area contributed by atoms with Crippen molar-refractivity contribution in [2.24, 2.45) is 0 Å². The first kappa shape index (κ1) is 18.2. The van der Waals surface area contributed by atoms with Crippen molar-refractivity contribution in [3.05, 3.63) is 85.4 Å². The molecule has 0 radical (unpaired) electrons. The zero-order valence-corrected chi connectivity index (χ0v) is 15.2. The summed E-state index contributed by atoms with van der Waals surface area (Å²) in [6.07, 6.45) is 2.24. The van der Waals surface area contributed by atoms with Crippen LogP contribution in [-0.4, -0.2) is 22.3 Å². The molecule has 0 saturated heterocycles. The Balaban J connectivity index is 1.83. The summed E-state index contributed by atoms with van der Waals surface area (Å²) < 4.78 is 5.35. The van der Waals surface area contributed by atoms with E-state index in [0.717, 1.165) is 4.88 Å². The minimum Gasteiger partial charge on any atom is -0.467 e. The van der Waals surface area contributed by atoms with E-state index in [4.69, 9.17) is 16.0 Å². The van der Waals surface area contributed by atoms with Crippen LogP contribution in [0.15, 0.2) is 58.5 Å². The van der Waals surface area contributed by atoms with E-state index < -0.39 is 4.92 Å². The molecule has 0 atom stereocenters. The molecule has 2 heterocycles. The van der Waals surface area contributed by atoms with Gasteiger partial charge in [0, 0.05) is 23.1 Å². The fraction of sp³-hybridized carbons (Fsp3) is 0.167. The molecule has 6 nitrogen and oxygen atoms in total. The molecule has 3 aromatic rings. The van der Waals surface area contributed by atoms with Crippen LogP contribution in [0, 0.1) is 10.1 Å². The molecular formula is C18H15ClN2O4S. The standard InChI is InChI=1S/C18H15ClN2O4S/c19-16-6-5-13(11-17(16)21(23)24)18(22)20(12-14-3-1-9-25-14)8-7-15-4-2-10-26-15/h1-6,9-11H,7-8,12H2. The SMILES string of the molecule is O=C(c1ccc(Cl)c([N+](=O)[O-])c1)N(CCc1cccs1)Cc1ccco1. The summed E-state index contributed by atoms with van der Waals surface area (Å²) in [4.78, 5) is 26.2. The predicted molar refractivity (Wildman–Crippen MR) is 99.6 cm³/mol. The van der Waals surface area contributed by atoms with Crippen molar-refractivity contribution in [3.63, 3.8) is 0 Å². The maximum Gasteiger partial charge on any atom is 0.288 e. The van der Waals surface area contributed by atoms with E-state index in [1.807, 2.05) is 17.5 Å². The number of nitro groups is 1. The number of carbonyl (C=O) groups is 1. The van der Waals surface area contributed by atoms with E-state index in [9.17, 15) is 14.9 Å². The van der Waals surface area contributed by atoms with Gasteiger partial charge >= 0.3 is 0 Å². The third-order valence-electron chi connectivity index (χ3n) is 3.81. The number of halogens is 1. The first-order valence-corrected chi connectivity index (χ1v) is 9.08. The number of carbonyl (C=O) groups excluding carboxylic acids is 1. The maximum absolute atomic E-state index is 12.9. The summed E-state index contributed by atoms with van der Waals surface area (Å²) in [5.74, 6) is 0.339. The molecule has 0 saturated carbocycles. The molecule has 0 spiro atoms. The molecule has 8 heteroatoms. The largest absolute Gasteiger partial charge is 0.467 e. The smallest absolute Gasteiger partial charge is 0.288 e. The molecule has 1 amide bonds. The summed E-state index contributed by atoms with van der Waals surface area (Å²) in [7, 11) is 0. The number of nitrogens with zero attached hydrogens (tertiary/aromatic N) is 2. The van der Waals surface area contributed by atoms with Crippen molar-refractivity contribution in [1.82, 2.24) is 4.90 Å². The fourth-order valence-corrected chi connectivity index (χ4v) is 3.40. The van der Waals surface area contributed by atoms with Crippen LogP contribution in [0.5, 0.6) is 0 Å². The second-order valence-corrected chi connectivity index (χ2v) is 7.00. The molecule has 0 unspecified atom stereocenters. The fourth-order valence-electron chi connectivity index (χ4n) is 2.51. The second kappa shape index (κ2) is 8.16. The zero-order chi connectivity index (χ0) is 18.5. The highest BCUT2D eigenvalue weighted by Gasteiger charge is 2.21. The van der Waals surface area contributed by atoms with Gasteiger partial charge in [-0.1, -0.05) is 17.7 Å². The lowest BCUT2D eigenvalue weighted by Gasteiger charge is -2.21. The lowest BCUT2D eigenvalue weighted by atomic mass is 10.1. The molecule has 0 N–H and O–H groups in total. The van der Waals surface area contributed by atoms with Crippen LogP contribution in [0.1, 0.15) is 21.0 Å². The van der Waals surface area contributed by atoms with Crippen molar-refractivity contribution in [3.8, 4) is 0 Å². The van der Waals surface area contributed by atoms with Gasteiger partial charge in [0.15, 0.2) is 0 Å². The Kier molecular flexibility index (Phi) is 5.70. The molecule has 0 aliphatic rings. The summed E-state index contributed by atoms with van der Waals surface area (Å²) in [6.45, 7) is 0.754. The Bertz CT molecular complexity index is 894. The average molecular weight is 391 g/mol. The molecule has 0 fully saturated rings. The van der Waals surface area contributed by atoms with Crippen LogP contribution in [0.25, 0.3) is 0 Å². The topological polar surface area (TPSA) is 76.6 Å². The van der Waals surface area contributed by atoms with Crippen LogP contribution in [0.4, 0.5) is 5.69 Å². The van der Waals surface area contributed by atoms with Gasteiger partial charge in [-0.2, -0.15) is 0 Å². The zero-order valence-electron chi connectivity index (χ0n) is 13.6. The molecule has 134 valence electrons. The third kappa shape index (κ3) is 4.30. The number of benzene rings is 1. The van der Waals surface area contributed by atoms with Crippen LogP contribution in [-0.2, 0) is 13.0 Å². The van der Waals surface area contributed by atoms with E-state index in [1.54, 1.807) is 34.6 Å². The minimum absolute atomic E-state index is 0.00252. The number of hydrogen-bond donors (Lipinski definition) is 0. The minimum atomic E-state index is -0.596. The average Bonchev–Trinajstić information content (AvgIpc) is 3.32. The molecule has 2 aromatic heterocycles. The molecule has 1 aromatic carbocycles. The number of nitro benzene ring substituents is 1. The van der Waals surface area contributed by atoms with Crippen LogP contribution in [0.3, 0.4) is 0 Å². The monoisotopic (exact) mass is 390 g/mol. The van der Waals surface area contributed by atoms with Gasteiger partial charge in [0.2, 0.25) is 0 Å². The van der Waals surface area contributed by atoms with E-state index in [1.165, 1.54) is 18.2 Å². The molecule has 0 aliphatic heterocycles. The highest BCUT2D eigenvalue weighted by atomic mass is 35.5. The summed E-state index contributed by atoms with van der Waals surface area (Å²) in [5, 5.41) is 13.1. The number of hydrogen-bond acceptors (Lipinski definition) is 5. The first-order valence-electron chi connectivity index (χ1n) is 7.82. The third-order valence-corrected chi connectivity index (χ3v) is 5.07. The van der Waals surface area contributed by atoms with E-state index >= 15 is 0 Å². The Morgan fingerprint density at radius 2 is 2.12 bits per heavy atom. The van der Waals surface area contributed by atoms with Gasteiger partial charge in [-0.3, -0.25) is 14.9 Å². The summed E-state index contributed by atoms with van der Waals surface area (Å²) >= 11 is 7.46.